The molecule has 6 N–H and O–H groups in total. The number of aliphatic imine (C=N–C) groups is 1. The molecule has 0 radical (unpaired) electrons. The summed E-state index contributed by atoms with van der Waals surface area (Å²) >= 11 is 18.6. The molecule has 0 aromatic heterocycles. The highest BCUT2D eigenvalue weighted by molar-refractivity contribution is 6.42. The van der Waals surface area contributed by atoms with Crippen LogP contribution in [-0.4, -0.2) is 38.2 Å². The van der Waals surface area contributed by atoms with E-state index in [9.17, 15) is 0 Å². The van der Waals surface area contributed by atoms with Crippen LogP contribution in [0.5, 0.6) is 0 Å². The molecule has 31 heavy (non-hydrogen) atoms. The second-order valence-corrected chi connectivity index (χ2v) is 8.55. The van der Waals surface area contributed by atoms with E-state index in [2.05, 4.69) is 38.4 Å². The molecule has 1 aliphatic carbocycles. The van der Waals surface area contributed by atoms with Crippen molar-refractivity contribution in [1.29, 1.82) is 0 Å². The zero-order valence-electron chi connectivity index (χ0n) is 16.8. The van der Waals surface area contributed by atoms with E-state index >= 15 is 0 Å². The Bertz CT molecular complexity index is 1080. The number of nitrogens with one attached hydrogen (secondary N) is 4. The van der Waals surface area contributed by atoms with Crippen LogP contribution in [0.25, 0.3) is 5.57 Å². The van der Waals surface area contributed by atoms with Gasteiger partial charge >= 0.3 is 0 Å². The lowest BCUT2D eigenvalue weighted by Gasteiger charge is -2.27. The molecule has 0 spiro atoms. The molecule has 2 unspecified atom stereocenters. The van der Waals surface area contributed by atoms with Gasteiger partial charge in [-0.2, -0.15) is 0 Å². The van der Waals surface area contributed by atoms with Crippen LogP contribution in [0.4, 0.5) is 17.1 Å². The van der Waals surface area contributed by atoms with Gasteiger partial charge in [-0.15, -0.1) is 0 Å². The Labute approximate surface area is 196 Å². The smallest absolute Gasteiger partial charge is 0.188 e. The Morgan fingerprint density at radius 3 is 2.61 bits per heavy atom. The third-order valence-electron chi connectivity index (χ3n) is 5.23. The van der Waals surface area contributed by atoms with Crippen LogP contribution in [0.1, 0.15) is 5.56 Å². The number of halogens is 3. The van der Waals surface area contributed by atoms with E-state index in [0.29, 0.717) is 34.1 Å². The van der Waals surface area contributed by atoms with E-state index < -0.39 is 0 Å². The minimum atomic E-state index is 0.0490. The molecule has 1 aliphatic heterocycles. The Hall–Kier alpha value is -2.38. The number of allylic oxidation sites excluding steroid dienone is 2. The van der Waals surface area contributed by atoms with Crippen LogP contribution in [0.2, 0.25) is 10.0 Å². The molecule has 2 aliphatic rings. The van der Waals surface area contributed by atoms with Crippen molar-refractivity contribution in [3.63, 3.8) is 0 Å². The summed E-state index contributed by atoms with van der Waals surface area (Å²) in [6.45, 7) is 1.38. The first-order valence-corrected chi connectivity index (χ1v) is 11.0. The molecule has 2 aromatic rings. The molecule has 0 amide bonds. The summed E-state index contributed by atoms with van der Waals surface area (Å²) in [5.41, 5.74) is 10.8. The van der Waals surface area contributed by atoms with Crippen molar-refractivity contribution in [3.8, 4) is 0 Å². The number of benzene rings is 2. The van der Waals surface area contributed by atoms with Crippen LogP contribution in [0.3, 0.4) is 0 Å². The van der Waals surface area contributed by atoms with E-state index in [1.807, 2.05) is 30.4 Å². The van der Waals surface area contributed by atoms with Gasteiger partial charge in [0, 0.05) is 47.8 Å². The van der Waals surface area contributed by atoms with Crippen LogP contribution < -0.4 is 27.0 Å². The third-order valence-corrected chi connectivity index (χ3v) is 6.20. The van der Waals surface area contributed by atoms with Gasteiger partial charge in [0.15, 0.2) is 5.96 Å². The van der Waals surface area contributed by atoms with Crippen molar-refractivity contribution < 1.29 is 0 Å². The Morgan fingerprint density at radius 1 is 1.06 bits per heavy atom. The summed E-state index contributed by atoms with van der Waals surface area (Å²) in [7, 11) is 1.65. The first-order valence-electron chi connectivity index (χ1n) is 9.86. The lowest BCUT2D eigenvalue weighted by Crippen LogP contribution is -2.46. The minimum Gasteiger partial charge on any atom is -0.376 e. The molecule has 162 valence electrons. The van der Waals surface area contributed by atoms with Gasteiger partial charge in [0.05, 0.1) is 22.1 Å². The van der Waals surface area contributed by atoms with Crippen LogP contribution in [0.15, 0.2) is 58.6 Å². The number of rotatable bonds is 6. The molecule has 0 saturated carbocycles. The summed E-state index contributed by atoms with van der Waals surface area (Å²) in [5.74, 6) is 0.424. The van der Waals surface area contributed by atoms with E-state index in [1.165, 1.54) is 0 Å². The molecule has 6 nitrogen and oxygen atoms in total. The van der Waals surface area contributed by atoms with Gasteiger partial charge in [-0.25, -0.2) is 0 Å². The van der Waals surface area contributed by atoms with E-state index in [4.69, 9.17) is 40.5 Å². The Morgan fingerprint density at radius 2 is 1.84 bits per heavy atom. The normalized spacial score (nSPS) is 19.7. The predicted molar refractivity (Wildman–Crippen MR) is 133 cm³/mol. The first-order chi connectivity index (χ1) is 14.9. The molecule has 2 aromatic carbocycles. The second-order valence-electron chi connectivity index (χ2n) is 7.30. The highest BCUT2D eigenvalue weighted by Crippen LogP contribution is 2.42. The SMILES string of the molecule is CN=C(N)NCCNC1C=C(Cl)C=C2c3cc(Nc4ccc(Cl)c(Cl)c4)ccc3NC21. The molecular formula is C22H23Cl3N6. The maximum atomic E-state index is 6.45. The number of anilines is 3. The number of hydrogen-bond donors (Lipinski definition) is 5. The monoisotopic (exact) mass is 476 g/mol. The molecule has 4 rings (SSSR count). The van der Waals surface area contributed by atoms with E-state index in [1.54, 1.807) is 13.1 Å². The predicted octanol–water partition coefficient (Wildman–Crippen LogP) is 4.54. The lowest BCUT2D eigenvalue weighted by atomic mass is 9.92. The summed E-state index contributed by atoms with van der Waals surface area (Å²) in [6, 6.07) is 11.8. The topological polar surface area (TPSA) is 86.5 Å². The fourth-order valence-corrected chi connectivity index (χ4v) is 4.29. The number of nitrogens with zero attached hydrogens (tertiary/aromatic N) is 1. The first kappa shape index (κ1) is 21.8. The largest absolute Gasteiger partial charge is 0.376 e. The molecule has 1 heterocycles. The van der Waals surface area contributed by atoms with Gasteiger partial charge in [0.1, 0.15) is 0 Å². The van der Waals surface area contributed by atoms with Gasteiger partial charge in [0.25, 0.3) is 0 Å². The highest BCUT2D eigenvalue weighted by atomic mass is 35.5. The van der Waals surface area contributed by atoms with Crippen molar-refractivity contribution in [2.75, 3.05) is 30.8 Å². The van der Waals surface area contributed by atoms with Gasteiger partial charge in [-0.1, -0.05) is 34.8 Å². The van der Waals surface area contributed by atoms with Crippen molar-refractivity contribution in [2.24, 2.45) is 10.7 Å². The van der Waals surface area contributed by atoms with Crippen molar-refractivity contribution in [2.45, 2.75) is 12.1 Å². The maximum Gasteiger partial charge on any atom is 0.188 e. The van der Waals surface area contributed by atoms with Crippen LogP contribution in [-0.2, 0) is 0 Å². The quantitative estimate of drug-likeness (QED) is 0.239. The summed E-state index contributed by atoms with van der Waals surface area (Å²) in [4.78, 5) is 3.89. The van der Waals surface area contributed by atoms with Gasteiger partial charge in [0.2, 0.25) is 0 Å². The fourth-order valence-electron chi connectivity index (χ4n) is 3.74. The molecule has 0 fully saturated rings. The average molecular weight is 478 g/mol. The van der Waals surface area contributed by atoms with E-state index in [-0.39, 0.29) is 12.1 Å². The van der Waals surface area contributed by atoms with Gasteiger partial charge in [-0.05, 0) is 54.1 Å². The number of nitrogens with two attached hydrogens (primary N) is 1. The van der Waals surface area contributed by atoms with Crippen molar-refractivity contribution in [3.05, 3.63) is 69.2 Å². The third kappa shape index (κ3) is 4.93. The van der Waals surface area contributed by atoms with Crippen molar-refractivity contribution in [1.82, 2.24) is 10.6 Å². The van der Waals surface area contributed by atoms with Crippen LogP contribution >= 0.6 is 34.8 Å². The summed E-state index contributed by atoms with van der Waals surface area (Å²) in [6.07, 6.45) is 4.05. The molecule has 2 atom stereocenters. The second kappa shape index (κ2) is 9.40. The standard InChI is InChI=1S/C22H23Cl3N6/c1-27-22(26)29-7-6-28-20-9-12(23)8-16-15-10-13(3-5-19(15)31-21(16)20)30-14-2-4-17(24)18(25)11-14/h2-5,8-11,20-21,28,30-31H,6-7H2,1H3,(H3,26,27,29). The fraction of sp³-hybridized carbons (Fsp3) is 0.227. The Balaban J connectivity index is 1.49. The van der Waals surface area contributed by atoms with Gasteiger partial charge < -0.3 is 27.0 Å². The molecular weight excluding hydrogens is 455 g/mol. The maximum absolute atomic E-state index is 6.45. The van der Waals surface area contributed by atoms with E-state index in [0.717, 1.165) is 28.2 Å². The summed E-state index contributed by atoms with van der Waals surface area (Å²) < 4.78 is 0. The average Bonchev–Trinajstić information content (AvgIpc) is 3.11. The molecule has 0 bridgehead atoms. The summed E-state index contributed by atoms with van der Waals surface area (Å²) in [5, 5.41) is 15.3. The number of guanidine groups is 1. The highest BCUT2D eigenvalue weighted by Gasteiger charge is 2.34. The molecule has 9 heteroatoms. The zero-order valence-corrected chi connectivity index (χ0v) is 19.1. The Kier molecular flexibility index (Phi) is 6.62. The zero-order chi connectivity index (χ0) is 22.0. The number of hydrogen-bond acceptors (Lipinski definition) is 4. The van der Waals surface area contributed by atoms with Crippen molar-refractivity contribution >= 4 is 63.4 Å². The minimum absolute atomic E-state index is 0.0490. The lowest BCUT2D eigenvalue weighted by molar-refractivity contribution is 0.568. The molecule has 0 saturated heterocycles. The van der Waals surface area contributed by atoms with Crippen LogP contribution in [0, 0.1) is 0 Å². The number of fused-ring (bicyclic) bond motifs is 3. The van der Waals surface area contributed by atoms with Gasteiger partial charge in [-0.3, -0.25) is 4.99 Å².